The second kappa shape index (κ2) is 4.63. The molecule has 0 aliphatic carbocycles. The van der Waals surface area contributed by atoms with Gasteiger partial charge in [0.25, 0.3) is 0 Å². The number of carboxylic acids is 1. The number of benzene rings is 1. The number of hydrogen-bond acceptors (Lipinski definition) is 4. The van der Waals surface area contributed by atoms with E-state index in [9.17, 15) is 9.90 Å². The fourth-order valence-corrected chi connectivity index (χ4v) is 1.78. The van der Waals surface area contributed by atoms with Gasteiger partial charge in [0.1, 0.15) is 0 Å². The van der Waals surface area contributed by atoms with Crippen molar-refractivity contribution < 1.29 is 24.5 Å². The predicted octanol–water partition coefficient (Wildman–Crippen LogP) is 1.27. The van der Waals surface area contributed by atoms with Crippen LogP contribution in [0.3, 0.4) is 0 Å². The third kappa shape index (κ3) is 2.34. The zero-order valence-corrected chi connectivity index (χ0v) is 9.47. The quantitative estimate of drug-likeness (QED) is 0.811. The molecule has 1 heterocycles. The third-order valence-electron chi connectivity index (χ3n) is 2.61. The lowest BCUT2D eigenvalue weighted by Gasteiger charge is -2.14. The molecule has 2 N–H and O–H groups in total. The van der Waals surface area contributed by atoms with Crippen molar-refractivity contribution in [1.82, 2.24) is 0 Å². The summed E-state index contributed by atoms with van der Waals surface area (Å²) in [6.45, 7) is 2.90. The van der Waals surface area contributed by atoms with Crippen molar-refractivity contribution in [3.8, 4) is 11.5 Å². The highest BCUT2D eigenvalue weighted by molar-refractivity contribution is 5.74. The van der Waals surface area contributed by atoms with E-state index >= 15 is 0 Å². The normalized spacial score (nSPS) is 16.1. The number of aliphatic hydroxyl groups excluding tert-OH is 1. The number of carbonyl (C=O) groups is 1. The van der Waals surface area contributed by atoms with Crippen LogP contribution in [-0.4, -0.2) is 29.4 Å². The van der Waals surface area contributed by atoms with Crippen molar-refractivity contribution in [2.24, 2.45) is 0 Å². The Balaban J connectivity index is 2.42. The standard InChI is InChI=1S/C12H14O5/c1-7-5-8(10(13)12(14)15)6-9-11(7)17-4-2-3-16-9/h5-6,10,13H,2-4H2,1H3,(H,14,15). The molecule has 1 aliphatic rings. The highest BCUT2D eigenvalue weighted by atomic mass is 16.5. The average Bonchev–Trinajstić information content (AvgIpc) is 2.53. The summed E-state index contributed by atoms with van der Waals surface area (Å²) in [5.74, 6) is -0.152. The van der Waals surface area contributed by atoms with E-state index in [0.717, 1.165) is 12.0 Å². The summed E-state index contributed by atoms with van der Waals surface area (Å²) in [4.78, 5) is 10.7. The summed E-state index contributed by atoms with van der Waals surface area (Å²) in [6, 6.07) is 3.12. The third-order valence-corrected chi connectivity index (χ3v) is 2.61. The number of carboxylic acid groups (broad SMARTS) is 1. The molecule has 0 fully saturated rings. The zero-order chi connectivity index (χ0) is 12.4. The number of fused-ring (bicyclic) bond motifs is 1. The lowest BCUT2D eigenvalue weighted by Crippen LogP contribution is -2.11. The monoisotopic (exact) mass is 238 g/mol. The fraction of sp³-hybridized carbons (Fsp3) is 0.417. The summed E-state index contributed by atoms with van der Waals surface area (Å²) in [6.07, 6.45) is -0.754. The SMILES string of the molecule is Cc1cc(C(O)C(=O)O)cc2c1OCCCO2. The number of aliphatic hydroxyl groups is 1. The minimum atomic E-state index is -1.54. The van der Waals surface area contributed by atoms with Crippen molar-refractivity contribution in [2.45, 2.75) is 19.4 Å². The van der Waals surface area contributed by atoms with E-state index in [-0.39, 0.29) is 0 Å². The maximum atomic E-state index is 10.7. The summed E-state index contributed by atoms with van der Waals surface area (Å²) >= 11 is 0. The summed E-state index contributed by atoms with van der Waals surface area (Å²) in [7, 11) is 0. The Labute approximate surface area is 98.6 Å². The average molecular weight is 238 g/mol. The molecule has 92 valence electrons. The van der Waals surface area contributed by atoms with Gasteiger partial charge < -0.3 is 19.7 Å². The van der Waals surface area contributed by atoms with Gasteiger partial charge >= 0.3 is 5.97 Å². The first kappa shape index (κ1) is 11.7. The van der Waals surface area contributed by atoms with Gasteiger partial charge in [-0.15, -0.1) is 0 Å². The smallest absolute Gasteiger partial charge is 0.337 e. The number of ether oxygens (including phenoxy) is 2. The fourth-order valence-electron chi connectivity index (χ4n) is 1.78. The molecule has 0 spiro atoms. The van der Waals surface area contributed by atoms with Crippen LogP contribution in [0, 0.1) is 6.92 Å². The Morgan fingerprint density at radius 3 is 2.76 bits per heavy atom. The van der Waals surface area contributed by atoms with Gasteiger partial charge in [-0.2, -0.15) is 0 Å². The highest BCUT2D eigenvalue weighted by Gasteiger charge is 2.21. The zero-order valence-electron chi connectivity index (χ0n) is 9.47. The molecule has 0 radical (unpaired) electrons. The van der Waals surface area contributed by atoms with E-state index < -0.39 is 12.1 Å². The lowest BCUT2D eigenvalue weighted by molar-refractivity contribution is -0.146. The molecule has 1 aliphatic heterocycles. The molecule has 1 aromatic carbocycles. The second-order valence-electron chi connectivity index (χ2n) is 3.96. The molecule has 2 rings (SSSR count). The van der Waals surface area contributed by atoms with Gasteiger partial charge in [0.05, 0.1) is 13.2 Å². The van der Waals surface area contributed by atoms with E-state index in [0.29, 0.717) is 30.3 Å². The first-order chi connectivity index (χ1) is 8.09. The molecule has 5 heteroatoms. The van der Waals surface area contributed by atoms with Gasteiger partial charge in [0.15, 0.2) is 17.6 Å². The molecule has 1 unspecified atom stereocenters. The first-order valence-electron chi connectivity index (χ1n) is 5.40. The maximum Gasteiger partial charge on any atom is 0.337 e. The van der Waals surface area contributed by atoms with Crippen LogP contribution >= 0.6 is 0 Å². The Kier molecular flexibility index (Phi) is 3.19. The molecule has 0 aromatic heterocycles. The molecular formula is C12H14O5. The molecular weight excluding hydrogens is 224 g/mol. The van der Waals surface area contributed by atoms with Gasteiger partial charge in [-0.1, -0.05) is 0 Å². The molecule has 0 saturated carbocycles. The Morgan fingerprint density at radius 2 is 2.06 bits per heavy atom. The van der Waals surface area contributed by atoms with Crippen molar-refractivity contribution in [1.29, 1.82) is 0 Å². The van der Waals surface area contributed by atoms with Crippen LogP contribution in [0.25, 0.3) is 0 Å². The summed E-state index contributed by atoms with van der Waals surface area (Å²) < 4.78 is 11.0. The second-order valence-corrected chi connectivity index (χ2v) is 3.96. The van der Waals surface area contributed by atoms with Crippen LogP contribution in [0.4, 0.5) is 0 Å². The topological polar surface area (TPSA) is 76.0 Å². The highest BCUT2D eigenvalue weighted by Crippen LogP contribution is 2.35. The van der Waals surface area contributed by atoms with Crippen LogP contribution in [0.5, 0.6) is 11.5 Å². The van der Waals surface area contributed by atoms with Gasteiger partial charge in [0, 0.05) is 6.42 Å². The van der Waals surface area contributed by atoms with Crippen LogP contribution in [0.2, 0.25) is 0 Å². The van der Waals surface area contributed by atoms with Crippen molar-refractivity contribution >= 4 is 5.97 Å². The molecule has 0 saturated heterocycles. The Hall–Kier alpha value is -1.75. The number of aliphatic carboxylic acids is 1. The largest absolute Gasteiger partial charge is 0.490 e. The predicted molar refractivity (Wildman–Crippen MR) is 59.4 cm³/mol. The molecule has 5 nitrogen and oxygen atoms in total. The van der Waals surface area contributed by atoms with Crippen LogP contribution in [0.15, 0.2) is 12.1 Å². The minimum absolute atomic E-state index is 0.305. The first-order valence-corrected chi connectivity index (χ1v) is 5.40. The number of aryl methyl sites for hydroxylation is 1. The van der Waals surface area contributed by atoms with Gasteiger partial charge in [-0.25, -0.2) is 4.79 Å². The molecule has 0 bridgehead atoms. The summed E-state index contributed by atoms with van der Waals surface area (Å²) in [5, 5.41) is 18.3. The van der Waals surface area contributed by atoms with E-state index in [2.05, 4.69) is 0 Å². The van der Waals surface area contributed by atoms with Gasteiger partial charge in [0.2, 0.25) is 0 Å². The van der Waals surface area contributed by atoms with Gasteiger partial charge in [-0.05, 0) is 30.2 Å². The van der Waals surface area contributed by atoms with Crippen LogP contribution in [0.1, 0.15) is 23.7 Å². The van der Waals surface area contributed by atoms with Crippen molar-refractivity contribution in [3.05, 3.63) is 23.3 Å². The van der Waals surface area contributed by atoms with Crippen LogP contribution < -0.4 is 9.47 Å². The van der Waals surface area contributed by atoms with E-state index in [1.807, 2.05) is 0 Å². The number of rotatable bonds is 2. The minimum Gasteiger partial charge on any atom is -0.490 e. The lowest BCUT2D eigenvalue weighted by atomic mass is 10.0. The van der Waals surface area contributed by atoms with Crippen molar-refractivity contribution in [3.63, 3.8) is 0 Å². The van der Waals surface area contributed by atoms with Crippen LogP contribution in [-0.2, 0) is 4.79 Å². The Bertz CT molecular complexity index is 441. The summed E-state index contributed by atoms with van der Waals surface area (Å²) in [5.41, 5.74) is 1.07. The van der Waals surface area contributed by atoms with E-state index in [1.165, 1.54) is 6.07 Å². The molecule has 1 aromatic rings. The van der Waals surface area contributed by atoms with E-state index in [4.69, 9.17) is 14.6 Å². The van der Waals surface area contributed by atoms with E-state index in [1.54, 1.807) is 13.0 Å². The molecule has 0 amide bonds. The maximum absolute atomic E-state index is 10.7. The number of hydrogen-bond donors (Lipinski definition) is 2. The van der Waals surface area contributed by atoms with Crippen molar-refractivity contribution in [2.75, 3.05) is 13.2 Å². The van der Waals surface area contributed by atoms with Gasteiger partial charge in [-0.3, -0.25) is 0 Å². The molecule has 17 heavy (non-hydrogen) atoms. The molecule has 1 atom stereocenters. The Morgan fingerprint density at radius 1 is 1.35 bits per heavy atom.